The predicted molar refractivity (Wildman–Crippen MR) is 90.7 cm³/mol. The van der Waals surface area contributed by atoms with Gasteiger partial charge in [-0.25, -0.2) is 4.98 Å². The van der Waals surface area contributed by atoms with E-state index in [4.69, 9.17) is 4.74 Å². The number of amides is 1. The van der Waals surface area contributed by atoms with Crippen molar-refractivity contribution in [2.24, 2.45) is 0 Å². The number of anilines is 1. The molecule has 2 heterocycles. The third-order valence-corrected chi connectivity index (χ3v) is 4.57. The first-order valence-electron chi connectivity index (χ1n) is 6.69. The number of hydrogen-bond acceptors (Lipinski definition) is 5. The van der Waals surface area contributed by atoms with Crippen molar-refractivity contribution in [2.75, 3.05) is 11.9 Å². The van der Waals surface area contributed by atoms with E-state index < -0.39 is 0 Å². The summed E-state index contributed by atoms with van der Waals surface area (Å²) in [6.45, 7) is 1.97. The first kappa shape index (κ1) is 14.7. The molecule has 1 aromatic carbocycles. The van der Waals surface area contributed by atoms with Crippen LogP contribution >= 0.6 is 22.7 Å². The van der Waals surface area contributed by atoms with Gasteiger partial charge in [-0.1, -0.05) is 23.8 Å². The Bertz CT molecular complexity index is 749. The first-order valence-corrected chi connectivity index (χ1v) is 8.45. The van der Waals surface area contributed by atoms with Crippen LogP contribution < -0.4 is 10.1 Å². The highest BCUT2D eigenvalue weighted by Crippen LogP contribution is 2.28. The van der Waals surface area contributed by atoms with E-state index in [1.807, 2.05) is 54.1 Å². The molecular formula is C16H14N2O2S2. The van der Waals surface area contributed by atoms with Crippen LogP contribution in [0.15, 0.2) is 47.2 Å². The maximum absolute atomic E-state index is 11.9. The van der Waals surface area contributed by atoms with E-state index in [0.29, 0.717) is 10.9 Å². The number of aromatic nitrogens is 1. The van der Waals surface area contributed by atoms with Crippen LogP contribution in [0.4, 0.5) is 5.13 Å². The third-order valence-electron chi connectivity index (χ3n) is 2.92. The number of nitrogens with zero attached hydrogens (tertiary/aromatic N) is 1. The number of carbonyl (C=O) groups is 1. The summed E-state index contributed by atoms with van der Waals surface area (Å²) in [7, 11) is 0. The van der Waals surface area contributed by atoms with E-state index in [1.165, 1.54) is 11.3 Å². The number of thiophene rings is 1. The van der Waals surface area contributed by atoms with Gasteiger partial charge in [0.05, 0.1) is 10.6 Å². The van der Waals surface area contributed by atoms with Crippen LogP contribution in [0.25, 0.3) is 10.6 Å². The smallest absolute Gasteiger partial charge is 0.264 e. The second-order valence-corrected chi connectivity index (χ2v) is 6.47. The summed E-state index contributed by atoms with van der Waals surface area (Å²) in [5.74, 6) is 0.465. The van der Waals surface area contributed by atoms with Gasteiger partial charge in [-0.15, -0.1) is 22.7 Å². The van der Waals surface area contributed by atoms with Gasteiger partial charge in [0.15, 0.2) is 11.7 Å². The average molecular weight is 330 g/mol. The zero-order valence-electron chi connectivity index (χ0n) is 11.9. The maximum Gasteiger partial charge on any atom is 0.264 e. The minimum Gasteiger partial charge on any atom is -0.484 e. The predicted octanol–water partition coefficient (Wildman–Crippen LogP) is 4.20. The lowest BCUT2D eigenvalue weighted by Crippen LogP contribution is -2.20. The summed E-state index contributed by atoms with van der Waals surface area (Å²) in [6.07, 6.45) is 0. The molecule has 0 aliphatic rings. The molecule has 0 radical (unpaired) electrons. The van der Waals surface area contributed by atoms with E-state index in [2.05, 4.69) is 10.3 Å². The van der Waals surface area contributed by atoms with Crippen molar-refractivity contribution in [3.8, 4) is 16.3 Å². The molecule has 6 heteroatoms. The molecule has 0 aliphatic heterocycles. The number of carbonyl (C=O) groups excluding carboxylic acids is 1. The van der Waals surface area contributed by atoms with Gasteiger partial charge in [0.25, 0.3) is 5.91 Å². The van der Waals surface area contributed by atoms with Crippen LogP contribution in [0, 0.1) is 6.92 Å². The minimum absolute atomic E-state index is 0.0308. The van der Waals surface area contributed by atoms with Crippen molar-refractivity contribution in [3.63, 3.8) is 0 Å². The van der Waals surface area contributed by atoms with Crippen molar-refractivity contribution in [2.45, 2.75) is 6.92 Å². The molecule has 0 spiro atoms. The molecule has 0 fully saturated rings. The molecule has 0 saturated heterocycles. The summed E-state index contributed by atoms with van der Waals surface area (Å²) in [5, 5.41) is 7.27. The molecule has 0 saturated carbocycles. The van der Waals surface area contributed by atoms with Gasteiger partial charge in [-0.3, -0.25) is 10.1 Å². The van der Waals surface area contributed by atoms with Crippen LogP contribution in [-0.2, 0) is 4.79 Å². The fourth-order valence-corrected chi connectivity index (χ4v) is 3.29. The fraction of sp³-hybridized carbons (Fsp3) is 0.125. The number of aryl methyl sites for hydroxylation is 1. The van der Waals surface area contributed by atoms with Crippen LogP contribution in [0.1, 0.15) is 5.56 Å². The Labute approximate surface area is 136 Å². The molecule has 2 aromatic heterocycles. The average Bonchev–Trinajstić information content (AvgIpc) is 3.17. The van der Waals surface area contributed by atoms with Crippen molar-refractivity contribution >= 4 is 33.7 Å². The van der Waals surface area contributed by atoms with Gasteiger partial charge in [-0.2, -0.15) is 0 Å². The summed E-state index contributed by atoms with van der Waals surface area (Å²) in [4.78, 5) is 17.4. The monoisotopic (exact) mass is 330 g/mol. The van der Waals surface area contributed by atoms with Crippen LogP contribution in [-0.4, -0.2) is 17.5 Å². The molecule has 112 valence electrons. The van der Waals surface area contributed by atoms with Crippen molar-refractivity contribution in [1.82, 2.24) is 4.98 Å². The molecule has 0 bridgehead atoms. The molecular weight excluding hydrogens is 316 g/mol. The largest absolute Gasteiger partial charge is 0.484 e. The van der Waals surface area contributed by atoms with E-state index in [9.17, 15) is 4.79 Å². The van der Waals surface area contributed by atoms with Gasteiger partial charge >= 0.3 is 0 Å². The molecule has 1 amide bonds. The van der Waals surface area contributed by atoms with E-state index in [-0.39, 0.29) is 12.5 Å². The highest BCUT2D eigenvalue weighted by molar-refractivity contribution is 7.16. The van der Waals surface area contributed by atoms with Gasteiger partial charge in [-0.05, 0) is 30.5 Å². The standard InChI is InChI=1S/C16H14N2O2S2/c1-11-4-6-12(7-5-11)20-9-15(19)18-16-17-13(10-22-16)14-3-2-8-21-14/h2-8,10H,9H2,1H3,(H,17,18,19). The van der Waals surface area contributed by atoms with Gasteiger partial charge < -0.3 is 4.74 Å². The minimum atomic E-state index is -0.215. The van der Waals surface area contributed by atoms with Crippen molar-refractivity contribution < 1.29 is 9.53 Å². The van der Waals surface area contributed by atoms with Crippen molar-refractivity contribution in [3.05, 3.63) is 52.7 Å². The van der Waals surface area contributed by atoms with Gasteiger partial charge in [0, 0.05) is 5.38 Å². The maximum atomic E-state index is 11.9. The summed E-state index contributed by atoms with van der Waals surface area (Å²) < 4.78 is 5.44. The second-order valence-electron chi connectivity index (χ2n) is 4.67. The van der Waals surface area contributed by atoms with Crippen LogP contribution in [0.2, 0.25) is 0 Å². The van der Waals surface area contributed by atoms with E-state index in [1.54, 1.807) is 11.3 Å². The lowest BCUT2D eigenvalue weighted by atomic mass is 10.2. The van der Waals surface area contributed by atoms with Gasteiger partial charge in [0.2, 0.25) is 0 Å². The Balaban J connectivity index is 1.54. The molecule has 0 aliphatic carbocycles. The summed E-state index contributed by atoms with van der Waals surface area (Å²) in [5.41, 5.74) is 2.04. The number of hydrogen-bond donors (Lipinski definition) is 1. The lowest BCUT2D eigenvalue weighted by molar-refractivity contribution is -0.118. The Morgan fingerprint density at radius 3 is 2.77 bits per heavy atom. The van der Waals surface area contributed by atoms with Gasteiger partial charge in [0.1, 0.15) is 5.75 Å². The topological polar surface area (TPSA) is 51.2 Å². The van der Waals surface area contributed by atoms with Crippen molar-refractivity contribution in [1.29, 1.82) is 0 Å². The number of nitrogens with one attached hydrogen (secondary N) is 1. The Morgan fingerprint density at radius 2 is 2.05 bits per heavy atom. The number of benzene rings is 1. The summed E-state index contributed by atoms with van der Waals surface area (Å²) >= 11 is 3.03. The Morgan fingerprint density at radius 1 is 1.23 bits per heavy atom. The zero-order chi connectivity index (χ0) is 15.4. The molecule has 0 atom stereocenters. The highest BCUT2D eigenvalue weighted by Gasteiger charge is 2.09. The second kappa shape index (κ2) is 6.72. The lowest BCUT2D eigenvalue weighted by Gasteiger charge is -2.05. The molecule has 4 nitrogen and oxygen atoms in total. The SMILES string of the molecule is Cc1ccc(OCC(=O)Nc2nc(-c3cccs3)cs2)cc1. The Hall–Kier alpha value is -2.18. The molecule has 3 rings (SSSR count). The van der Waals surface area contributed by atoms with Crippen LogP contribution in [0.3, 0.4) is 0 Å². The highest BCUT2D eigenvalue weighted by atomic mass is 32.1. The molecule has 1 N–H and O–H groups in total. The normalized spacial score (nSPS) is 10.4. The number of ether oxygens (including phenoxy) is 1. The molecule has 3 aromatic rings. The molecule has 22 heavy (non-hydrogen) atoms. The summed E-state index contributed by atoms with van der Waals surface area (Å²) in [6, 6.07) is 11.6. The third kappa shape index (κ3) is 3.72. The quantitative estimate of drug-likeness (QED) is 0.763. The number of thiazole rings is 1. The Kier molecular flexibility index (Phi) is 4.50. The van der Waals surface area contributed by atoms with E-state index in [0.717, 1.165) is 16.1 Å². The van der Waals surface area contributed by atoms with Crippen LogP contribution in [0.5, 0.6) is 5.75 Å². The zero-order valence-corrected chi connectivity index (χ0v) is 13.5. The number of rotatable bonds is 5. The first-order chi connectivity index (χ1) is 10.7. The fourth-order valence-electron chi connectivity index (χ4n) is 1.81. The van der Waals surface area contributed by atoms with E-state index >= 15 is 0 Å². The molecule has 0 unspecified atom stereocenters.